The van der Waals surface area contributed by atoms with Gasteiger partial charge < -0.3 is 14.7 Å². The molecule has 2 aromatic rings. The largest absolute Gasteiger partial charge is 0.478 e. The molecule has 0 unspecified atom stereocenters. The highest BCUT2D eigenvalue weighted by atomic mass is 32.1. The van der Waals surface area contributed by atoms with Gasteiger partial charge in [0.1, 0.15) is 6.10 Å². The zero-order chi connectivity index (χ0) is 15.5. The van der Waals surface area contributed by atoms with E-state index < -0.39 is 5.97 Å². The highest BCUT2D eigenvalue weighted by Crippen LogP contribution is 2.26. The molecule has 5 nitrogen and oxygen atoms in total. The molecule has 1 aromatic heterocycles. The van der Waals surface area contributed by atoms with Gasteiger partial charge in [-0.3, -0.25) is 4.79 Å². The van der Waals surface area contributed by atoms with Gasteiger partial charge in [-0.15, -0.1) is 11.3 Å². The molecule has 6 heteroatoms. The van der Waals surface area contributed by atoms with Crippen molar-refractivity contribution in [1.82, 2.24) is 4.90 Å². The van der Waals surface area contributed by atoms with E-state index in [1.54, 1.807) is 28.4 Å². The molecule has 1 amide bonds. The number of carbonyl (C=O) groups is 2. The maximum Gasteiger partial charge on any atom is 0.335 e. The van der Waals surface area contributed by atoms with Gasteiger partial charge in [0.15, 0.2) is 0 Å². The third-order valence-corrected chi connectivity index (χ3v) is 4.56. The van der Waals surface area contributed by atoms with E-state index in [-0.39, 0.29) is 17.6 Å². The lowest BCUT2D eigenvalue weighted by atomic mass is 10.1. The summed E-state index contributed by atoms with van der Waals surface area (Å²) in [7, 11) is 0. The molecule has 1 aliphatic rings. The minimum atomic E-state index is -0.997. The summed E-state index contributed by atoms with van der Waals surface area (Å²) in [6, 6.07) is 9.99. The number of thiophene rings is 1. The number of nitrogens with zero attached hydrogens (tertiary/aromatic N) is 1. The van der Waals surface area contributed by atoms with Crippen LogP contribution in [-0.2, 0) is 4.74 Å². The van der Waals surface area contributed by atoms with E-state index in [0.29, 0.717) is 25.3 Å². The first-order valence-corrected chi connectivity index (χ1v) is 7.81. The average molecular weight is 317 g/mol. The van der Waals surface area contributed by atoms with Crippen LogP contribution in [0.15, 0.2) is 41.8 Å². The Bertz CT molecular complexity index is 666. The summed E-state index contributed by atoms with van der Waals surface area (Å²) in [6.45, 7) is 1.56. The number of ether oxygens (including phenoxy) is 1. The summed E-state index contributed by atoms with van der Waals surface area (Å²) in [5.74, 6) is -1.09. The average Bonchev–Trinajstić information content (AvgIpc) is 3.09. The molecule has 3 rings (SSSR count). The second kappa shape index (κ2) is 6.29. The zero-order valence-corrected chi connectivity index (χ0v) is 12.6. The van der Waals surface area contributed by atoms with Crippen molar-refractivity contribution in [1.29, 1.82) is 0 Å². The molecule has 114 valence electrons. The van der Waals surface area contributed by atoms with Gasteiger partial charge in [0, 0.05) is 17.0 Å². The first-order valence-electron chi connectivity index (χ1n) is 6.93. The number of morpholine rings is 1. The summed E-state index contributed by atoms with van der Waals surface area (Å²) in [5, 5.41) is 10.9. The van der Waals surface area contributed by atoms with Crippen molar-refractivity contribution < 1.29 is 19.4 Å². The fourth-order valence-corrected chi connectivity index (χ4v) is 3.18. The minimum Gasteiger partial charge on any atom is -0.478 e. The molecule has 1 atom stereocenters. The third kappa shape index (κ3) is 3.03. The van der Waals surface area contributed by atoms with E-state index in [9.17, 15) is 9.59 Å². The molecular weight excluding hydrogens is 302 g/mol. The topological polar surface area (TPSA) is 66.8 Å². The second-order valence-electron chi connectivity index (χ2n) is 5.01. The van der Waals surface area contributed by atoms with Gasteiger partial charge in [0.25, 0.3) is 5.91 Å². The maximum absolute atomic E-state index is 12.5. The molecule has 1 N–H and O–H groups in total. The monoisotopic (exact) mass is 317 g/mol. The van der Waals surface area contributed by atoms with Gasteiger partial charge in [-0.05, 0) is 35.7 Å². The summed E-state index contributed by atoms with van der Waals surface area (Å²) in [4.78, 5) is 26.2. The van der Waals surface area contributed by atoms with Crippen molar-refractivity contribution in [3.05, 3.63) is 57.8 Å². The first kappa shape index (κ1) is 14.7. The summed E-state index contributed by atoms with van der Waals surface area (Å²) >= 11 is 1.62. The SMILES string of the molecule is O=C(O)c1ccc(C(=O)N2CCO[C@@H](c3cccs3)C2)cc1. The number of rotatable bonds is 3. The van der Waals surface area contributed by atoms with Crippen LogP contribution in [0.5, 0.6) is 0 Å². The lowest BCUT2D eigenvalue weighted by Gasteiger charge is -2.32. The molecule has 1 fully saturated rings. The number of benzene rings is 1. The van der Waals surface area contributed by atoms with Crippen molar-refractivity contribution in [2.24, 2.45) is 0 Å². The molecule has 1 saturated heterocycles. The van der Waals surface area contributed by atoms with Gasteiger partial charge in [-0.2, -0.15) is 0 Å². The fraction of sp³-hybridized carbons (Fsp3) is 0.250. The summed E-state index contributed by atoms with van der Waals surface area (Å²) in [6.07, 6.45) is -0.0870. The molecule has 0 spiro atoms. The number of carboxylic acid groups (broad SMARTS) is 1. The molecule has 0 bridgehead atoms. The molecule has 1 aliphatic heterocycles. The normalized spacial score (nSPS) is 18.2. The highest BCUT2D eigenvalue weighted by molar-refractivity contribution is 7.10. The van der Waals surface area contributed by atoms with Crippen molar-refractivity contribution >= 4 is 23.2 Å². The van der Waals surface area contributed by atoms with Crippen molar-refractivity contribution in [2.45, 2.75) is 6.10 Å². The Labute approximate surface area is 131 Å². The van der Waals surface area contributed by atoms with Crippen LogP contribution in [0.1, 0.15) is 31.7 Å². The molecule has 0 saturated carbocycles. The van der Waals surface area contributed by atoms with Crippen molar-refractivity contribution in [3.63, 3.8) is 0 Å². The van der Waals surface area contributed by atoms with E-state index in [1.165, 1.54) is 12.1 Å². The Balaban J connectivity index is 1.72. The van der Waals surface area contributed by atoms with E-state index in [2.05, 4.69) is 0 Å². The van der Waals surface area contributed by atoms with E-state index >= 15 is 0 Å². The van der Waals surface area contributed by atoms with E-state index in [1.807, 2.05) is 17.5 Å². The fourth-order valence-electron chi connectivity index (χ4n) is 2.42. The molecule has 22 heavy (non-hydrogen) atoms. The van der Waals surface area contributed by atoms with Crippen LogP contribution in [0, 0.1) is 0 Å². The number of aromatic carboxylic acids is 1. The predicted molar refractivity (Wildman–Crippen MR) is 82.3 cm³/mol. The minimum absolute atomic E-state index is 0.0870. The van der Waals surface area contributed by atoms with Gasteiger partial charge in [0.05, 0.1) is 18.7 Å². The van der Waals surface area contributed by atoms with Gasteiger partial charge in [0.2, 0.25) is 0 Å². The molecular formula is C16H15NO4S. The Kier molecular flexibility index (Phi) is 4.22. The van der Waals surface area contributed by atoms with Gasteiger partial charge >= 0.3 is 5.97 Å². The van der Waals surface area contributed by atoms with Crippen molar-refractivity contribution in [3.8, 4) is 0 Å². The number of carbonyl (C=O) groups excluding carboxylic acids is 1. The number of amides is 1. The van der Waals surface area contributed by atoms with Crippen LogP contribution in [0.25, 0.3) is 0 Å². The van der Waals surface area contributed by atoms with Crippen LogP contribution in [0.4, 0.5) is 0 Å². The van der Waals surface area contributed by atoms with Crippen LogP contribution < -0.4 is 0 Å². The van der Waals surface area contributed by atoms with Gasteiger partial charge in [-0.1, -0.05) is 6.07 Å². The lowest BCUT2D eigenvalue weighted by Crippen LogP contribution is -2.42. The van der Waals surface area contributed by atoms with Crippen LogP contribution in [0.2, 0.25) is 0 Å². The van der Waals surface area contributed by atoms with Gasteiger partial charge in [-0.25, -0.2) is 4.79 Å². The number of carboxylic acids is 1. The number of hydrogen-bond acceptors (Lipinski definition) is 4. The standard InChI is InChI=1S/C16H15NO4S/c18-15(11-3-5-12(6-4-11)16(19)20)17-7-8-21-13(10-17)14-2-1-9-22-14/h1-6,9,13H,7-8,10H2,(H,19,20)/t13-/m1/s1. The number of hydrogen-bond donors (Lipinski definition) is 1. The van der Waals surface area contributed by atoms with Crippen LogP contribution in [0.3, 0.4) is 0 Å². The van der Waals surface area contributed by atoms with E-state index in [0.717, 1.165) is 4.88 Å². The molecule has 0 aliphatic carbocycles. The Morgan fingerprint density at radius 1 is 1.18 bits per heavy atom. The second-order valence-corrected chi connectivity index (χ2v) is 5.99. The molecule has 1 aromatic carbocycles. The quantitative estimate of drug-likeness (QED) is 0.945. The van der Waals surface area contributed by atoms with Crippen LogP contribution in [-0.4, -0.2) is 41.6 Å². The highest BCUT2D eigenvalue weighted by Gasteiger charge is 2.26. The van der Waals surface area contributed by atoms with Crippen LogP contribution >= 0.6 is 11.3 Å². The lowest BCUT2D eigenvalue weighted by molar-refractivity contribution is -0.0211. The predicted octanol–water partition coefficient (Wildman–Crippen LogP) is 2.66. The molecule has 2 heterocycles. The first-order chi connectivity index (χ1) is 10.6. The summed E-state index contributed by atoms with van der Waals surface area (Å²) < 4.78 is 5.73. The van der Waals surface area contributed by atoms with Crippen molar-refractivity contribution in [2.75, 3.05) is 19.7 Å². The molecule has 0 radical (unpaired) electrons. The smallest absolute Gasteiger partial charge is 0.335 e. The Morgan fingerprint density at radius 3 is 2.55 bits per heavy atom. The van der Waals surface area contributed by atoms with E-state index in [4.69, 9.17) is 9.84 Å². The zero-order valence-electron chi connectivity index (χ0n) is 11.8. The Morgan fingerprint density at radius 2 is 1.91 bits per heavy atom. The summed E-state index contributed by atoms with van der Waals surface area (Å²) in [5.41, 5.74) is 0.673. The Hall–Kier alpha value is -2.18. The third-order valence-electron chi connectivity index (χ3n) is 3.59. The maximum atomic E-state index is 12.5.